The average molecular weight is 273 g/mol. The minimum Gasteiger partial charge on any atom is -0.298 e. The maximum absolute atomic E-state index is 11.8. The summed E-state index contributed by atoms with van der Waals surface area (Å²) < 4.78 is 0. The first-order valence-electron chi connectivity index (χ1n) is 4.33. The van der Waals surface area contributed by atoms with Crippen LogP contribution in [0.15, 0.2) is 29.8 Å². The van der Waals surface area contributed by atoms with E-state index in [-0.39, 0.29) is 5.91 Å². The van der Waals surface area contributed by atoms with Crippen molar-refractivity contribution in [1.82, 2.24) is 4.98 Å². The number of halogens is 2. The van der Waals surface area contributed by atoms with Crippen LogP contribution in [0.1, 0.15) is 10.4 Å². The first-order chi connectivity index (χ1) is 7.66. The van der Waals surface area contributed by atoms with E-state index in [2.05, 4.69) is 10.3 Å². The topological polar surface area (TPSA) is 42.0 Å². The van der Waals surface area contributed by atoms with Gasteiger partial charge < -0.3 is 0 Å². The van der Waals surface area contributed by atoms with E-state index in [1.54, 1.807) is 23.7 Å². The first-order valence-corrected chi connectivity index (χ1v) is 5.96. The molecule has 0 aliphatic heterocycles. The molecule has 0 radical (unpaired) electrons. The highest BCUT2D eigenvalue weighted by molar-refractivity contribution is 7.13. The summed E-state index contributed by atoms with van der Waals surface area (Å²) in [7, 11) is 0. The van der Waals surface area contributed by atoms with Gasteiger partial charge in [0.2, 0.25) is 0 Å². The van der Waals surface area contributed by atoms with Crippen molar-refractivity contribution in [1.29, 1.82) is 0 Å². The van der Waals surface area contributed by atoms with Crippen molar-refractivity contribution in [3.05, 3.63) is 45.4 Å². The molecule has 0 aliphatic rings. The van der Waals surface area contributed by atoms with E-state index in [0.717, 1.165) is 0 Å². The van der Waals surface area contributed by atoms with Gasteiger partial charge in [0.25, 0.3) is 5.91 Å². The van der Waals surface area contributed by atoms with Crippen molar-refractivity contribution in [2.75, 3.05) is 5.32 Å². The molecular weight excluding hydrogens is 267 g/mol. The van der Waals surface area contributed by atoms with Crippen molar-refractivity contribution < 1.29 is 4.79 Å². The van der Waals surface area contributed by atoms with Crippen LogP contribution in [-0.4, -0.2) is 10.9 Å². The summed E-state index contributed by atoms with van der Waals surface area (Å²) in [6.45, 7) is 0. The van der Waals surface area contributed by atoms with Gasteiger partial charge in [-0.3, -0.25) is 10.1 Å². The molecule has 1 N–H and O–H groups in total. The molecule has 0 saturated heterocycles. The van der Waals surface area contributed by atoms with Gasteiger partial charge in [-0.2, -0.15) is 0 Å². The minimum absolute atomic E-state index is 0.295. The van der Waals surface area contributed by atoms with E-state index in [0.29, 0.717) is 20.7 Å². The highest BCUT2D eigenvalue weighted by Gasteiger charge is 2.11. The van der Waals surface area contributed by atoms with Gasteiger partial charge in [0.05, 0.1) is 10.6 Å². The summed E-state index contributed by atoms with van der Waals surface area (Å²) in [4.78, 5) is 15.7. The Morgan fingerprint density at radius 3 is 2.81 bits per heavy atom. The minimum atomic E-state index is -0.295. The van der Waals surface area contributed by atoms with E-state index < -0.39 is 0 Å². The molecule has 0 saturated carbocycles. The second-order valence-electron chi connectivity index (χ2n) is 2.92. The first kappa shape index (κ1) is 11.4. The standard InChI is InChI=1S/C10H6Cl2N2OS/c11-6-1-2-7(8(12)5-6)9(15)14-10-13-3-4-16-10/h1-5H,(H,13,14,15). The molecule has 1 amide bonds. The highest BCUT2D eigenvalue weighted by Crippen LogP contribution is 2.22. The van der Waals surface area contributed by atoms with Crippen molar-refractivity contribution in [3.63, 3.8) is 0 Å². The van der Waals surface area contributed by atoms with Crippen LogP contribution in [-0.2, 0) is 0 Å². The summed E-state index contributed by atoms with van der Waals surface area (Å²) in [6.07, 6.45) is 1.61. The van der Waals surface area contributed by atoms with Crippen LogP contribution in [0.2, 0.25) is 10.0 Å². The third-order valence-corrected chi connectivity index (χ3v) is 3.06. The molecule has 16 heavy (non-hydrogen) atoms. The summed E-state index contributed by atoms with van der Waals surface area (Å²) in [5.41, 5.74) is 0.376. The van der Waals surface area contributed by atoms with Gasteiger partial charge in [-0.15, -0.1) is 11.3 Å². The largest absolute Gasteiger partial charge is 0.298 e. The van der Waals surface area contributed by atoms with E-state index in [1.165, 1.54) is 17.4 Å². The molecule has 0 fully saturated rings. The maximum Gasteiger partial charge on any atom is 0.258 e. The average Bonchev–Trinajstić information content (AvgIpc) is 2.70. The number of amides is 1. The van der Waals surface area contributed by atoms with Gasteiger partial charge in [-0.1, -0.05) is 23.2 Å². The number of nitrogens with one attached hydrogen (secondary N) is 1. The van der Waals surface area contributed by atoms with Crippen molar-refractivity contribution >= 4 is 45.6 Å². The van der Waals surface area contributed by atoms with Gasteiger partial charge in [0.1, 0.15) is 0 Å². The van der Waals surface area contributed by atoms with Gasteiger partial charge in [-0.05, 0) is 18.2 Å². The van der Waals surface area contributed by atoms with Crippen LogP contribution in [0.25, 0.3) is 0 Å². The quantitative estimate of drug-likeness (QED) is 0.906. The summed E-state index contributed by atoms with van der Waals surface area (Å²) in [5, 5.41) is 5.77. The fourth-order valence-electron chi connectivity index (χ4n) is 1.12. The molecule has 3 nitrogen and oxygen atoms in total. The Hall–Kier alpha value is -1.10. The molecule has 1 heterocycles. The molecule has 6 heteroatoms. The number of benzene rings is 1. The summed E-state index contributed by atoms with van der Waals surface area (Å²) in [5.74, 6) is -0.295. The van der Waals surface area contributed by atoms with Crippen LogP contribution >= 0.6 is 34.5 Å². The zero-order valence-corrected chi connectivity index (χ0v) is 10.2. The van der Waals surface area contributed by atoms with E-state index in [1.807, 2.05) is 0 Å². The molecule has 0 atom stereocenters. The highest BCUT2D eigenvalue weighted by atomic mass is 35.5. The Bertz CT molecular complexity index is 514. The van der Waals surface area contributed by atoms with Crippen molar-refractivity contribution in [2.24, 2.45) is 0 Å². The van der Waals surface area contributed by atoms with Crippen LogP contribution in [0.4, 0.5) is 5.13 Å². The third kappa shape index (κ3) is 2.52. The number of hydrogen-bond acceptors (Lipinski definition) is 3. The fraction of sp³-hybridized carbons (Fsp3) is 0. The second-order valence-corrected chi connectivity index (χ2v) is 4.65. The molecule has 0 aliphatic carbocycles. The molecule has 0 bridgehead atoms. The normalized spacial score (nSPS) is 10.1. The maximum atomic E-state index is 11.8. The van der Waals surface area contributed by atoms with Crippen LogP contribution in [0, 0.1) is 0 Å². The zero-order chi connectivity index (χ0) is 11.5. The molecule has 82 valence electrons. The van der Waals surface area contributed by atoms with Crippen LogP contribution in [0.5, 0.6) is 0 Å². The Labute approximate surface area is 106 Å². The number of carbonyl (C=O) groups is 1. The van der Waals surface area contributed by atoms with Gasteiger partial charge >= 0.3 is 0 Å². The summed E-state index contributed by atoms with van der Waals surface area (Å²) in [6, 6.07) is 4.72. The molecular formula is C10H6Cl2N2OS. The lowest BCUT2D eigenvalue weighted by Crippen LogP contribution is -2.12. The fourth-order valence-corrected chi connectivity index (χ4v) is 2.14. The molecule has 2 aromatic rings. The number of rotatable bonds is 2. The molecule has 0 spiro atoms. The lowest BCUT2D eigenvalue weighted by atomic mass is 10.2. The number of hydrogen-bond donors (Lipinski definition) is 1. The van der Waals surface area contributed by atoms with Gasteiger partial charge in [-0.25, -0.2) is 4.98 Å². The van der Waals surface area contributed by atoms with E-state index in [9.17, 15) is 4.79 Å². The SMILES string of the molecule is O=C(Nc1nccs1)c1ccc(Cl)cc1Cl. The number of aromatic nitrogens is 1. The van der Waals surface area contributed by atoms with Crippen molar-refractivity contribution in [2.45, 2.75) is 0 Å². The van der Waals surface area contributed by atoms with Crippen molar-refractivity contribution in [3.8, 4) is 0 Å². The lowest BCUT2D eigenvalue weighted by molar-refractivity contribution is 0.102. The number of thiazole rings is 1. The predicted octanol–water partition coefficient (Wildman–Crippen LogP) is 3.70. The van der Waals surface area contributed by atoms with Crippen LogP contribution < -0.4 is 5.32 Å². The molecule has 0 unspecified atom stereocenters. The number of anilines is 1. The number of carbonyl (C=O) groups excluding carboxylic acids is 1. The Balaban J connectivity index is 2.21. The smallest absolute Gasteiger partial charge is 0.258 e. The second kappa shape index (κ2) is 4.82. The predicted molar refractivity (Wildman–Crippen MR) is 66.5 cm³/mol. The van der Waals surface area contributed by atoms with E-state index in [4.69, 9.17) is 23.2 Å². The summed E-state index contributed by atoms with van der Waals surface area (Å²) >= 11 is 13.0. The zero-order valence-electron chi connectivity index (χ0n) is 7.91. The third-order valence-electron chi connectivity index (χ3n) is 1.83. The molecule has 1 aromatic carbocycles. The van der Waals surface area contributed by atoms with Gasteiger partial charge in [0.15, 0.2) is 5.13 Å². The molecule has 1 aromatic heterocycles. The van der Waals surface area contributed by atoms with E-state index >= 15 is 0 Å². The Kier molecular flexibility index (Phi) is 3.43. The number of nitrogens with zero attached hydrogens (tertiary/aromatic N) is 1. The van der Waals surface area contributed by atoms with Gasteiger partial charge in [0, 0.05) is 16.6 Å². The lowest BCUT2D eigenvalue weighted by Gasteiger charge is -2.03. The Morgan fingerprint density at radius 2 is 2.19 bits per heavy atom. The molecule has 2 rings (SSSR count). The monoisotopic (exact) mass is 272 g/mol. The van der Waals surface area contributed by atoms with Crippen LogP contribution in [0.3, 0.4) is 0 Å². The Morgan fingerprint density at radius 1 is 1.38 bits per heavy atom.